The molecule has 164 valence electrons. The summed E-state index contributed by atoms with van der Waals surface area (Å²) in [7, 11) is 0. The monoisotopic (exact) mass is 443 g/mol. The van der Waals surface area contributed by atoms with E-state index in [1.54, 1.807) is 6.33 Å². The van der Waals surface area contributed by atoms with E-state index < -0.39 is 0 Å². The Morgan fingerprint density at radius 3 is 2.88 bits per heavy atom. The van der Waals surface area contributed by atoms with Gasteiger partial charge in [0.2, 0.25) is 5.11 Å². The van der Waals surface area contributed by atoms with Crippen molar-refractivity contribution in [1.29, 1.82) is 0 Å². The Morgan fingerprint density at radius 2 is 2.06 bits per heavy atom. The largest absolute Gasteiger partial charge is 0.345 e. The minimum atomic E-state index is 0.0622. The first-order valence-electron chi connectivity index (χ1n) is 11.4. The number of fused-ring (bicyclic) bond motifs is 1. The third kappa shape index (κ3) is 3.73. The van der Waals surface area contributed by atoms with Crippen LogP contribution in [0.1, 0.15) is 39.2 Å². The number of aliphatic imine (C=N–C) groups is 1. The summed E-state index contributed by atoms with van der Waals surface area (Å²) in [6.07, 6.45) is 7.35. The van der Waals surface area contributed by atoms with Gasteiger partial charge in [-0.15, -0.1) is 0 Å². The van der Waals surface area contributed by atoms with Crippen molar-refractivity contribution in [3.8, 4) is 0 Å². The molecule has 2 N–H and O–H groups in total. The van der Waals surface area contributed by atoms with Gasteiger partial charge in [-0.2, -0.15) is 0 Å². The molecule has 0 radical (unpaired) electrons. The molecule has 0 saturated heterocycles. The fourth-order valence-electron chi connectivity index (χ4n) is 5.15. The van der Waals surface area contributed by atoms with Crippen molar-refractivity contribution in [2.75, 3.05) is 10.2 Å². The maximum absolute atomic E-state index is 5.84. The number of H-pyrrole nitrogens is 1. The van der Waals surface area contributed by atoms with E-state index in [0.29, 0.717) is 16.9 Å². The smallest absolute Gasteiger partial charge is 0.202 e. The number of aromatic amines is 1. The van der Waals surface area contributed by atoms with Crippen molar-refractivity contribution < 1.29 is 0 Å². The Hall–Kier alpha value is -2.99. The summed E-state index contributed by atoms with van der Waals surface area (Å²) >= 11 is 5.84. The molecule has 1 aliphatic carbocycles. The summed E-state index contributed by atoms with van der Waals surface area (Å²) in [5.41, 5.74) is 6.89. The van der Waals surface area contributed by atoms with Crippen molar-refractivity contribution in [2.24, 2.45) is 16.8 Å². The summed E-state index contributed by atoms with van der Waals surface area (Å²) in [5, 5.41) is 4.30. The van der Waals surface area contributed by atoms with E-state index in [4.69, 9.17) is 17.2 Å². The first-order valence-corrected chi connectivity index (χ1v) is 11.8. The van der Waals surface area contributed by atoms with E-state index in [1.165, 1.54) is 11.1 Å². The van der Waals surface area contributed by atoms with Crippen LogP contribution in [0.2, 0.25) is 0 Å². The second-order valence-corrected chi connectivity index (χ2v) is 9.27. The Balaban J connectivity index is 1.56. The molecule has 6 heteroatoms. The van der Waals surface area contributed by atoms with Gasteiger partial charge in [0, 0.05) is 11.4 Å². The summed E-state index contributed by atoms with van der Waals surface area (Å²) in [6.45, 7) is 6.74. The van der Waals surface area contributed by atoms with Crippen LogP contribution in [-0.2, 0) is 6.42 Å². The Morgan fingerprint density at radius 1 is 1.22 bits per heavy atom. The molecule has 0 fully saturated rings. The molecule has 1 aliphatic heterocycles. The molecule has 3 aromatic rings. The van der Waals surface area contributed by atoms with Gasteiger partial charge in [-0.05, 0) is 80.1 Å². The number of benzene rings is 2. The molecule has 2 heterocycles. The second kappa shape index (κ2) is 8.51. The molecule has 0 amide bonds. The van der Waals surface area contributed by atoms with Gasteiger partial charge in [0.1, 0.15) is 5.84 Å². The highest BCUT2D eigenvalue weighted by atomic mass is 32.1. The van der Waals surface area contributed by atoms with Gasteiger partial charge >= 0.3 is 0 Å². The lowest BCUT2D eigenvalue weighted by Crippen LogP contribution is -2.48. The maximum Gasteiger partial charge on any atom is 0.202 e. The fourth-order valence-corrected chi connectivity index (χ4v) is 5.47. The number of thiocarbonyl (C=S) groups is 1. The number of aromatic nitrogens is 2. The van der Waals surface area contributed by atoms with Crippen LogP contribution in [0.4, 0.5) is 11.4 Å². The number of hydrogen-bond donors (Lipinski definition) is 2. The summed E-state index contributed by atoms with van der Waals surface area (Å²) in [6, 6.07) is 14.8. The van der Waals surface area contributed by atoms with Gasteiger partial charge in [-0.1, -0.05) is 43.7 Å². The minimum Gasteiger partial charge on any atom is -0.345 e. The van der Waals surface area contributed by atoms with Crippen LogP contribution in [0.5, 0.6) is 0 Å². The van der Waals surface area contributed by atoms with Crippen LogP contribution < -0.4 is 10.2 Å². The Kier molecular flexibility index (Phi) is 5.55. The van der Waals surface area contributed by atoms with Crippen LogP contribution in [0.15, 0.2) is 65.4 Å². The Labute approximate surface area is 194 Å². The van der Waals surface area contributed by atoms with Crippen molar-refractivity contribution in [3.63, 3.8) is 0 Å². The van der Waals surface area contributed by atoms with Crippen molar-refractivity contribution >= 4 is 45.6 Å². The molecule has 0 bridgehead atoms. The van der Waals surface area contributed by atoms with Crippen LogP contribution >= 0.6 is 12.2 Å². The third-order valence-electron chi connectivity index (χ3n) is 6.82. The normalized spacial score (nSPS) is 23.4. The van der Waals surface area contributed by atoms with Crippen molar-refractivity contribution in [2.45, 2.75) is 46.1 Å². The highest BCUT2D eigenvalue weighted by Crippen LogP contribution is 2.38. The van der Waals surface area contributed by atoms with Crippen LogP contribution in [-0.4, -0.2) is 27.0 Å². The summed E-state index contributed by atoms with van der Waals surface area (Å²) < 4.78 is 0. The van der Waals surface area contributed by atoms with E-state index in [0.717, 1.165) is 47.5 Å². The predicted octanol–water partition coefficient (Wildman–Crippen LogP) is 6.10. The number of nitrogens with one attached hydrogen (secondary N) is 2. The summed E-state index contributed by atoms with van der Waals surface area (Å²) in [5.74, 6) is 1.81. The zero-order valence-electron chi connectivity index (χ0n) is 18.8. The summed E-state index contributed by atoms with van der Waals surface area (Å²) in [4.78, 5) is 14.7. The predicted molar refractivity (Wildman–Crippen MR) is 137 cm³/mol. The highest BCUT2D eigenvalue weighted by molar-refractivity contribution is 7.80. The van der Waals surface area contributed by atoms with Gasteiger partial charge in [0.05, 0.1) is 23.4 Å². The lowest BCUT2D eigenvalue weighted by atomic mass is 9.77. The van der Waals surface area contributed by atoms with E-state index in [2.05, 4.69) is 83.4 Å². The van der Waals surface area contributed by atoms with E-state index in [-0.39, 0.29) is 6.04 Å². The molecule has 3 unspecified atom stereocenters. The Bertz CT molecular complexity index is 1220. The molecular weight excluding hydrogens is 414 g/mol. The number of nitrogens with zero attached hydrogens (tertiary/aromatic N) is 3. The number of para-hydroxylation sites is 1. The van der Waals surface area contributed by atoms with Crippen LogP contribution in [0.25, 0.3) is 11.0 Å². The zero-order valence-corrected chi connectivity index (χ0v) is 19.6. The van der Waals surface area contributed by atoms with E-state index >= 15 is 0 Å². The lowest BCUT2D eigenvalue weighted by molar-refractivity contribution is 0.353. The van der Waals surface area contributed by atoms with Crippen LogP contribution in [0, 0.1) is 11.8 Å². The number of imidazole rings is 1. The van der Waals surface area contributed by atoms with Crippen molar-refractivity contribution in [3.05, 3.63) is 66.0 Å². The molecule has 32 heavy (non-hydrogen) atoms. The minimum absolute atomic E-state index is 0.0622. The number of hydrogen-bond acceptors (Lipinski definition) is 3. The second-order valence-electron chi connectivity index (χ2n) is 8.91. The molecule has 0 saturated carbocycles. The molecule has 3 atom stereocenters. The SMILES string of the molecule is CCc1ccccc1NC1=NC(=S)N(c2ccc3nc[nH]c3c2)C1C1CCC(C)=CC1C. The van der Waals surface area contributed by atoms with E-state index in [1.807, 2.05) is 6.07 Å². The lowest BCUT2D eigenvalue weighted by Gasteiger charge is -2.38. The first-order chi connectivity index (χ1) is 15.5. The molecule has 0 spiro atoms. The van der Waals surface area contributed by atoms with Gasteiger partial charge in [0.25, 0.3) is 0 Å². The van der Waals surface area contributed by atoms with Gasteiger partial charge < -0.3 is 15.2 Å². The highest BCUT2D eigenvalue weighted by Gasteiger charge is 2.42. The first kappa shape index (κ1) is 20.9. The molecule has 5 nitrogen and oxygen atoms in total. The molecule has 1 aromatic heterocycles. The maximum atomic E-state index is 5.84. The quantitative estimate of drug-likeness (QED) is 0.378. The van der Waals surface area contributed by atoms with Crippen LogP contribution in [0.3, 0.4) is 0 Å². The third-order valence-corrected chi connectivity index (χ3v) is 7.11. The van der Waals surface area contributed by atoms with Crippen molar-refractivity contribution in [1.82, 2.24) is 9.97 Å². The molecular formula is C26H29N5S. The number of amidine groups is 1. The zero-order chi connectivity index (χ0) is 22.2. The molecule has 2 aromatic carbocycles. The van der Waals surface area contributed by atoms with Gasteiger partial charge in [-0.3, -0.25) is 0 Å². The molecule has 2 aliphatic rings. The van der Waals surface area contributed by atoms with Gasteiger partial charge in [-0.25, -0.2) is 9.98 Å². The number of anilines is 2. The fraction of sp³-hybridized carbons (Fsp3) is 0.346. The standard InChI is InChI=1S/C26H29N5S/c1-4-18-7-5-6-8-21(18)29-25-24(20-11-9-16(2)13-17(20)3)31(26(32)30-25)19-10-12-22-23(14-19)28-15-27-22/h5-8,10,12-15,17,20,24H,4,9,11H2,1-3H3,(H,27,28)(H,29,30,32). The topological polar surface area (TPSA) is 56.3 Å². The number of allylic oxidation sites excluding steroid dienone is 2. The van der Waals surface area contributed by atoms with E-state index in [9.17, 15) is 0 Å². The number of rotatable bonds is 4. The van der Waals surface area contributed by atoms with Gasteiger partial charge in [0.15, 0.2) is 0 Å². The number of aryl methyl sites for hydroxylation is 1. The molecule has 5 rings (SSSR count). The average Bonchev–Trinajstić information content (AvgIpc) is 3.37. The average molecular weight is 444 g/mol.